The Hall–Kier alpha value is -1.29. The van der Waals surface area contributed by atoms with Gasteiger partial charge in [0.2, 0.25) is 0 Å². The number of rotatable bonds is 0. The van der Waals surface area contributed by atoms with Gasteiger partial charge in [-0.3, -0.25) is 0 Å². The third-order valence-corrected chi connectivity index (χ3v) is 2.35. The Bertz CT molecular complexity index is 518. The van der Waals surface area contributed by atoms with Crippen molar-refractivity contribution in [2.45, 2.75) is 6.92 Å². The van der Waals surface area contributed by atoms with E-state index in [0.717, 1.165) is 10.9 Å². The number of aromatic amines is 1. The highest BCUT2D eigenvalue weighted by atomic mass is 32.1. The second-order valence-electron chi connectivity index (χ2n) is 2.80. The van der Waals surface area contributed by atoms with Crippen molar-refractivity contribution < 1.29 is 4.39 Å². The lowest BCUT2D eigenvalue weighted by atomic mass is 10.1. The summed E-state index contributed by atoms with van der Waals surface area (Å²) in [7, 11) is 0. The minimum Gasteiger partial charge on any atom is -0.345 e. The predicted octanol–water partition coefficient (Wildman–Crippen LogP) is 2.74. The van der Waals surface area contributed by atoms with Gasteiger partial charge < -0.3 is 4.98 Å². The number of aromatic nitrogens is 2. The lowest BCUT2D eigenvalue weighted by molar-refractivity contribution is 0.620. The molecular formula is C9H7FN2S. The minimum atomic E-state index is -0.232. The lowest BCUT2D eigenvalue weighted by Gasteiger charge is -2.01. The van der Waals surface area contributed by atoms with E-state index in [9.17, 15) is 4.39 Å². The molecule has 1 N–H and O–H groups in total. The van der Waals surface area contributed by atoms with Crippen LogP contribution in [-0.2, 0) is 0 Å². The molecular weight excluding hydrogens is 187 g/mol. The number of nitrogens with zero attached hydrogens (tertiary/aromatic N) is 1. The molecule has 0 fully saturated rings. The molecule has 0 amide bonds. The number of fused-ring (bicyclic) bond motifs is 1. The summed E-state index contributed by atoms with van der Waals surface area (Å²) in [5.41, 5.74) is 1.30. The molecule has 0 bridgehead atoms. The Morgan fingerprint density at radius 2 is 2.23 bits per heavy atom. The molecule has 1 aromatic heterocycles. The first-order chi connectivity index (χ1) is 6.20. The maximum Gasteiger partial charge on any atom is 0.137 e. The summed E-state index contributed by atoms with van der Waals surface area (Å²) in [6.45, 7) is 1.71. The summed E-state index contributed by atoms with van der Waals surface area (Å²) in [4.78, 5) is 6.80. The molecule has 2 aromatic rings. The Balaban J connectivity index is 3.03. The molecule has 1 heterocycles. The molecule has 1 aromatic carbocycles. The molecule has 13 heavy (non-hydrogen) atoms. The summed E-state index contributed by atoms with van der Waals surface area (Å²) in [6.07, 6.45) is 1.48. The molecule has 2 nitrogen and oxygen atoms in total. The zero-order valence-corrected chi connectivity index (χ0v) is 7.78. The summed E-state index contributed by atoms with van der Waals surface area (Å²) >= 11 is 5.00. The van der Waals surface area contributed by atoms with Crippen LogP contribution >= 0.6 is 12.2 Å². The molecule has 0 atom stereocenters. The number of hydrogen-bond donors (Lipinski definition) is 1. The first-order valence-electron chi connectivity index (χ1n) is 3.82. The third kappa shape index (κ3) is 1.23. The smallest absolute Gasteiger partial charge is 0.137 e. The highest BCUT2D eigenvalue weighted by Gasteiger charge is 2.03. The minimum absolute atomic E-state index is 0.232. The normalized spacial score (nSPS) is 10.6. The number of H-pyrrole nitrogens is 1. The average Bonchev–Trinajstić information content (AvgIpc) is 2.12. The zero-order chi connectivity index (χ0) is 9.42. The van der Waals surface area contributed by atoms with Crippen molar-refractivity contribution >= 4 is 23.1 Å². The maximum atomic E-state index is 13.1. The van der Waals surface area contributed by atoms with Crippen LogP contribution in [0.4, 0.5) is 4.39 Å². The molecule has 0 aliphatic carbocycles. The quantitative estimate of drug-likeness (QED) is 0.653. The molecule has 66 valence electrons. The largest absolute Gasteiger partial charge is 0.345 e. The van der Waals surface area contributed by atoms with E-state index >= 15 is 0 Å². The van der Waals surface area contributed by atoms with Crippen molar-refractivity contribution in [1.82, 2.24) is 9.97 Å². The standard InChI is InChI=1S/C9H7FN2S/c1-5-7(10)3-2-6-8(5)11-4-12-9(6)13/h2-4H,1H3,(H,11,12,13). The first-order valence-corrected chi connectivity index (χ1v) is 4.23. The van der Waals surface area contributed by atoms with E-state index in [2.05, 4.69) is 9.97 Å². The van der Waals surface area contributed by atoms with Crippen LogP contribution < -0.4 is 0 Å². The number of aryl methyl sites for hydroxylation is 1. The van der Waals surface area contributed by atoms with Gasteiger partial charge in [0.25, 0.3) is 0 Å². The van der Waals surface area contributed by atoms with Crippen molar-refractivity contribution in [2.24, 2.45) is 0 Å². The lowest BCUT2D eigenvalue weighted by Crippen LogP contribution is -1.89. The predicted molar refractivity (Wildman–Crippen MR) is 51.6 cm³/mol. The second-order valence-corrected chi connectivity index (χ2v) is 3.19. The third-order valence-electron chi connectivity index (χ3n) is 2.02. The van der Waals surface area contributed by atoms with E-state index in [-0.39, 0.29) is 5.82 Å². The van der Waals surface area contributed by atoms with Gasteiger partial charge in [-0.15, -0.1) is 0 Å². The van der Waals surface area contributed by atoms with Crippen LogP contribution in [0.25, 0.3) is 10.9 Å². The fraction of sp³-hybridized carbons (Fsp3) is 0.111. The maximum absolute atomic E-state index is 13.1. The van der Waals surface area contributed by atoms with Crippen LogP contribution in [0.5, 0.6) is 0 Å². The van der Waals surface area contributed by atoms with Gasteiger partial charge in [-0.2, -0.15) is 0 Å². The van der Waals surface area contributed by atoms with Gasteiger partial charge in [0.1, 0.15) is 10.5 Å². The Morgan fingerprint density at radius 1 is 1.46 bits per heavy atom. The highest BCUT2D eigenvalue weighted by Crippen LogP contribution is 2.18. The van der Waals surface area contributed by atoms with E-state index in [4.69, 9.17) is 12.2 Å². The molecule has 0 spiro atoms. The number of halogens is 1. The van der Waals surface area contributed by atoms with Gasteiger partial charge >= 0.3 is 0 Å². The molecule has 0 radical (unpaired) electrons. The molecule has 0 aliphatic rings. The molecule has 2 rings (SSSR count). The fourth-order valence-electron chi connectivity index (χ4n) is 1.28. The van der Waals surface area contributed by atoms with Crippen molar-refractivity contribution in [3.05, 3.63) is 34.5 Å². The van der Waals surface area contributed by atoms with E-state index in [0.29, 0.717) is 10.2 Å². The fourth-order valence-corrected chi connectivity index (χ4v) is 1.50. The van der Waals surface area contributed by atoms with Crippen molar-refractivity contribution in [2.75, 3.05) is 0 Å². The monoisotopic (exact) mass is 194 g/mol. The van der Waals surface area contributed by atoms with Crippen LogP contribution in [0.3, 0.4) is 0 Å². The summed E-state index contributed by atoms with van der Waals surface area (Å²) in [5, 5.41) is 0.788. The summed E-state index contributed by atoms with van der Waals surface area (Å²) in [6, 6.07) is 3.05. The first kappa shape index (κ1) is 8.31. The van der Waals surface area contributed by atoms with E-state index in [1.165, 1.54) is 12.4 Å². The van der Waals surface area contributed by atoms with Gasteiger partial charge in [-0.1, -0.05) is 12.2 Å². The van der Waals surface area contributed by atoms with Gasteiger partial charge in [0.15, 0.2) is 0 Å². The summed E-state index contributed by atoms with van der Waals surface area (Å²) < 4.78 is 13.6. The van der Waals surface area contributed by atoms with Crippen molar-refractivity contribution in [3.8, 4) is 0 Å². The number of hydrogen-bond acceptors (Lipinski definition) is 2. The molecule has 0 aliphatic heterocycles. The van der Waals surface area contributed by atoms with Crippen molar-refractivity contribution in [1.29, 1.82) is 0 Å². The molecule has 0 unspecified atom stereocenters. The number of benzene rings is 1. The van der Waals surface area contributed by atoms with Crippen LogP contribution in [0.15, 0.2) is 18.5 Å². The van der Waals surface area contributed by atoms with Crippen LogP contribution in [0.2, 0.25) is 0 Å². The average molecular weight is 194 g/mol. The van der Waals surface area contributed by atoms with E-state index < -0.39 is 0 Å². The van der Waals surface area contributed by atoms with Crippen LogP contribution in [0.1, 0.15) is 5.56 Å². The SMILES string of the molecule is Cc1c(F)ccc2c(=S)nc[nH]c12. The topological polar surface area (TPSA) is 28.7 Å². The van der Waals surface area contributed by atoms with Gasteiger partial charge in [-0.05, 0) is 19.1 Å². The Labute approximate surface area is 79.4 Å². The van der Waals surface area contributed by atoms with Crippen LogP contribution in [-0.4, -0.2) is 9.97 Å². The Kier molecular flexibility index (Phi) is 1.84. The summed E-state index contributed by atoms with van der Waals surface area (Å²) in [5.74, 6) is -0.232. The highest BCUT2D eigenvalue weighted by molar-refractivity contribution is 7.71. The van der Waals surface area contributed by atoms with Gasteiger partial charge in [0.05, 0.1) is 11.8 Å². The van der Waals surface area contributed by atoms with Crippen molar-refractivity contribution in [3.63, 3.8) is 0 Å². The second kappa shape index (κ2) is 2.88. The van der Waals surface area contributed by atoms with Crippen LogP contribution in [0, 0.1) is 17.4 Å². The van der Waals surface area contributed by atoms with E-state index in [1.807, 2.05) is 0 Å². The van der Waals surface area contributed by atoms with E-state index in [1.54, 1.807) is 13.0 Å². The Morgan fingerprint density at radius 3 is 3.00 bits per heavy atom. The number of nitrogens with one attached hydrogen (secondary N) is 1. The van der Waals surface area contributed by atoms with Gasteiger partial charge in [-0.25, -0.2) is 9.37 Å². The molecule has 0 saturated heterocycles. The molecule has 4 heteroatoms. The van der Waals surface area contributed by atoms with Gasteiger partial charge in [0, 0.05) is 10.9 Å². The zero-order valence-electron chi connectivity index (χ0n) is 6.97. The molecule has 0 saturated carbocycles.